The van der Waals surface area contributed by atoms with Crippen molar-refractivity contribution in [2.45, 2.75) is 4.90 Å². The SMILES string of the molecule is OC[C]1[CH][CH][CH][C]1Sc1ccccc1.[CH]1[CH][CH][CH][CH]1.[Fe+2]. The van der Waals surface area contributed by atoms with E-state index in [4.69, 9.17) is 5.11 Å². The van der Waals surface area contributed by atoms with Gasteiger partial charge in [-0.05, 0) is 63.5 Å². The van der Waals surface area contributed by atoms with Crippen LogP contribution in [0, 0.1) is 62.5 Å². The molecule has 3 rings (SSSR count). The second kappa shape index (κ2) is 10.7. The standard InChI is InChI=1S/C12H11OS.C5H5.Fe/c13-9-10-5-4-8-12(10)14-11-6-2-1-3-7-11;1-2-4-5-3-1;/h1-8,13H,9H2;1-5H;/q;;+2. The molecule has 0 amide bonds. The summed E-state index contributed by atoms with van der Waals surface area (Å²) in [5, 5.41) is 10.2. The zero-order chi connectivity index (χ0) is 13.3. The number of benzene rings is 1. The summed E-state index contributed by atoms with van der Waals surface area (Å²) >= 11 is 1.69. The molecule has 0 spiro atoms. The van der Waals surface area contributed by atoms with E-state index in [1.54, 1.807) is 11.8 Å². The summed E-state index contributed by atoms with van der Waals surface area (Å²) in [5.74, 6) is 0.999. The van der Waals surface area contributed by atoms with Crippen LogP contribution < -0.4 is 0 Å². The maximum atomic E-state index is 9.07. The first-order chi connectivity index (χ1) is 9.40. The van der Waals surface area contributed by atoms with Gasteiger partial charge >= 0.3 is 17.1 Å². The number of aliphatic hydroxyl groups is 1. The van der Waals surface area contributed by atoms with Gasteiger partial charge in [0.05, 0.1) is 6.61 Å². The number of hydrogen-bond acceptors (Lipinski definition) is 2. The summed E-state index contributed by atoms with van der Waals surface area (Å²) in [6, 6.07) is 10.2. The predicted molar refractivity (Wildman–Crippen MR) is 80.3 cm³/mol. The summed E-state index contributed by atoms with van der Waals surface area (Å²) in [6.45, 7) is 0.113. The minimum absolute atomic E-state index is 0. The molecule has 1 N–H and O–H groups in total. The molecular weight excluding hydrogens is 308 g/mol. The summed E-state index contributed by atoms with van der Waals surface area (Å²) in [6.07, 6.45) is 15.9. The third-order valence-corrected chi connectivity index (χ3v) is 3.68. The molecule has 0 heterocycles. The average Bonchev–Trinajstić information content (AvgIpc) is 3.14. The summed E-state index contributed by atoms with van der Waals surface area (Å²) in [7, 11) is 0. The molecule has 0 aliphatic heterocycles. The Labute approximate surface area is 138 Å². The van der Waals surface area contributed by atoms with Crippen LogP contribution >= 0.6 is 11.8 Å². The van der Waals surface area contributed by atoms with Crippen LogP contribution in [0.2, 0.25) is 0 Å². The predicted octanol–water partition coefficient (Wildman–Crippen LogP) is 3.52. The van der Waals surface area contributed by atoms with Gasteiger partial charge in [0.2, 0.25) is 0 Å². The van der Waals surface area contributed by atoms with Gasteiger partial charge in [0.15, 0.2) is 0 Å². The van der Waals surface area contributed by atoms with E-state index in [0.29, 0.717) is 0 Å². The van der Waals surface area contributed by atoms with Gasteiger partial charge in [-0.15, -0.1) is 11.8 Å². The molecule has 2 saturated carbocycles. The van der Waals surface area contributed by atoms with Crippen molar-refractivity contribution in [1.29, 1.82) is 0 Å². The number of aliphatic hydroxyl groups excluding tert-OH is 1. The molecule has 102 valence electrons. The number of rotatable bonds is 3. The molecule has 0 saturated heterocycles. The largest absolute Gasteiger partial charge is 2.00 e. The van der Waals surface area contributed by atoms with Crippen LogP contribution in [0.15, 0.2) is 35.2 Å². The Morgan fingerprint density at radius 2 is 1.40 bits per heavy atom. The van der Waals surface area contributed by atoms with E-state index >= 15 is 0 Å². The van der Waals surface area contributed by atoms with E-state index in [9.17, 15) is 0 Å². The Hall–Kier alpha value is 0.0495. The second-order valence-corrected chi connectivity index (χ2v) is 5.07. The van der Waals surface area contributed by atoms with Gasteiger partial charge in [0.1, 0.15) is 0 Å². The zero-order valence-corrected chi connectivity index (χ0v) is 12.8. The fraction of sp³-hybridized carbons (Fsp3) is 0.0588. The maximum absolute atomic E-state index is 9.07. The first-order valence-corrected chi connectivity index (χ1v) is 6.97. The van der Waals surface area contributed by atoms with Crippen LogP contribution in [-0.4, -0.2) is 11.7 Å². The summed E-state index contributed by atoms with van der Waals surface area (Å²) in [5.41, 5.74) is 0. The molecule has 3 heteroatoms. The normalized spacial score (nSPS) is 19.2. The van der Waals surface area contributed by atoms with Crippen LogP contribution in [0.4, 0.5) is 0 Å². The molecule has 1 aromatic rings. The average molecular weight is 324 g/mol. The quantitative estimate of drug-likeness (QED) is 0.859. The van der Waals surface area contributed by atoms with E-state index in [1.807, 2.05) is 69.6 Å². The zero-order valence-electron chi connectivity index (χ0n) is 10.9. The fourth-order valence-electron chi connectivity index (χ4n) is 1.61. The van der Waals surface area contributed by atoms with Crippen LogP contribution in [0.25, 0.3) is 0 Å². The molecule has 10 radical (unpaired) electrons. The van der Waals surface area contributed by atoms with Crippen LogP contribution in [-0.2, 0) is 17.1 Å². The van der Waals surface area contributed by atoms with E-state index in [0.717, 1.165) is 11.2 Å². The summed E-state index contributed by atoms with van der Waals surface area (Å²) < 4.78 is 0. The summed E-state index contributed by atoms with van der Waals surface area (Å²) in [4.78, 5) is 1.20. The van der Waals surface area contributed by atoms with Gasteiger partial charge in [-0.3, -0.25) is 0 Å². The minimum atomic E-state index is 0. The van der Waals surface area contributed by atoms with Gasteiger partial charge < -0.3 is 5.11 Å². The van der Waals surface area contributed by atoms with Crippen molar-refractivity contribution in [1.82, 2.24) is 0 Å². The van der Waals surface area contributed by atoms with Crippen molar-refractivity contribution in [2.75, 3.05) is 6.61 Å². The van der Waals surface area contributed by atoms with Gasteiger partial charge in [0.25, 0.3) is 0 Å². The Balaban J connectivity index is 0.000000283. The molecule has 0 aromatic heterocycles. The third kappa shape index (κ3) is 6.22. The Morgan fingerprint density at radius 1 is 0.800 bits per heavy atom. The van der Waals surface area contributed by atoms with E-state index in [2.05, 4.69) is 12.1 Å². The molecule has 1 aromatic carbocycles. The van der Waals surface area contributed by atoms with E-state index in [1.165, 1.54) is 4.90 Å². The Bertz CT molecular complexity index is 332. The molecular formula is C17H16FeOS+2. The van der Waals surface area contributed by atoms with Crippen molar-refractivity contribution >= 4 is 11.8 Å². The molecule has 20 heavy (non-hydrogen) atoms. The Morgan fingerprint density at radius 3 is 1.95 bits per heavy atom. The molecule has 0 atom stereocenters. The number of hydrogen-bond donors (Lipinski definition) is 1. The fourth-order valence-corrected chi connectivity index (χ4v) is 2.56. The van der Waals surface area contributed by atoms with Crippen LogP contribution in [0.5, 0.6) is 0 Å². The monoisotopic (exact) mass is 324 g/mol. The molecule has 2 aliphatic rings. The van der Waals surface area contributed by atoms with Crippen LogP contribution in [0.3, 0.4) is 0 Å². The van der Waals surface area contributed by atoms with E-state index in [-0.39, 0.29) is 23.7 Å². The minimum Gasteiger partial charge on any atom is -0.396 e. The first-order valence-electron chi connectivity index (χ1n) is 6.15. The van der Waals surface area contributed by atoms with Gasteiger partial charge in [-0.2, -0.15) is 0 Å². The first kappa shape index (κ1) is 18.1. The van der Waals surface area contributed by atoms with Gasteiger partial charge in [0, 0.05) is 16.1 Å². The molecule has 1 nitrogen and oxygen atoms in total. The number of thioether (sulfide) groups is 1. The smallest absolute Gasteiger partial charge is 0.396 e. The Kier molecular flexibility index (Phi) is 9.71. The van der Waals surface area contributed by atoms with Crippen molar-refractivity contribution < 1.29 is 22.2 Å². The van der Waals surface area contributed by atoms with Crippen molar-refractivity contribution in [2.24, 2.45) is 0 Å². The van der Waals surface area contributed by atoms with E-state index < -0.39 is 0 Å². The van der Waals surface area contributed by atoms with Crippen molar-refractivity contribution in [3.63, 3.8) is 0 Å². The molecule has 2 aliphatic carbocycles. The third-order valence-electron chi connectivity index (χ3n) is 2.56. The molecule has 0 bridgehead atoms. The second-order valence-electron chi connectivity index (χ2n) is 3.95. The van der Waals surface area contributed by atoms with Gasteiger partial charge in [-0.25, -0.2) is 0 Å². The van der Waals surface area contributed by atoms with Crippen LogP contribution in [0.1, 0.15) is 0 Å². The van der Waals surface area contributed by atoms with Crippen molar-refractivity contribution in [3.8, 4) is 0 Å². The van der Waals surface area contributed by atoms with Crippen molar-refractivity contribution in [3.05, 3.63) is 92.9 Å². The maximum Gasteiger partial charge on any atom is 2.00 e. The molecule has 0 unspecified atom stereocenters. The molecule has 2 fully saturated rings. The van der Waals surface area contributed by atoms with Gasteiger partial charge in [-0.1, -0.05) is 18.2 Å². The topological polar surface area (TPSA) is 20.2 Å².